The molecule has 0 fully saturated rings. The van der Waals surface area contributed by atoms with Crippen molar-refractivity contribution in [2.24, 2.45) is 5.73 Å². The highest BCUT2D eigenvalue weighted by molar-refractivity contribution is 4.76. The van der Waals surface area contributed by atoms with Gasteiger partial charge >= 0.3 is 0 Å². The van der Waals surface area contributed by atoms with E-state index in [1.165, 1.54) is 0 Å². The summed E-state index contributed by atoms with van der Waals surface area (Å²) in [6.45, 7) is 6.24. The van der Waals surface area contributed by atoms with Crippen molar-refractivity contribution < 1.29 is 5.11 Å². The van der Waals surface area contributed by atoms with Crippen LogP contribution in [0.3, 0.4) is 0 Å². The number of hydrogen-bond acceptors (Lipinski definition) is 3. The van der Waals surface area contributed by atoms with Crippen LogP contribution in [0.5, 0.6) is 0 Å². The van der Waals surface area contributed by atoms with Gasteiger partial charge in [-0.3, -0.25) is 0 Å². The van der Waals surface area contributed by atoms with Crippen molar-refractivity contribution in [1.29, 1.82) is 0 Å². The standard InChI is InChI=1S/C6H16N2O/c1-4-8-5(2)6(3,7)9/h5,8-9H,4,7H2,1-3H3. The zero-order chi connectivity index (χ0) is 7.49. The summed E-state index contributed by atoms with van der Waals surface area (Å²) < 4.78 is 0. The lowest BCUT2D eigenvalue weighted by Gasteiger charge is -2.25. The van der Waals surface area contributed by atoms with Gasteiger partial charge in [0.25, 0.3) is 0 Å². The van der Waals surface area contributed by atoms with Crippen LogP contribution < -0.4 is 11.1 Å². The summed E-state index contributed by atoms with van der Waals surface area (Å²) in [5, 5.41) is 12.1. The molecule has 4 N–H and O–H groups in total. The van der Waals surface area contributed by atoms with Crippen LogP contribution in [0.15, 0.2) is 0 Å². The van der Waals surface area contributed by atoms with Gasteiger partial charge in [0.2, 0.25) is 0 Å². The van der Waals surface area contributed by atoms with Gasteiger partial charge in [-0.25, -0.2) is 0 Å². The summed E-state index contributed by atoms with van der Waals surface area (Å²) >= 11 is 0. The van der Waals surface area contributed by atoms with Crippen LogP contribution in [0.4, 0.5) is 0 Å². The molecule has 0 radical (unpaired) electrons. The minimum absolute atomic E-state index is 0.0532. The Morgan fingerprint density at radius 1 is 1.78 bits per heavy atom. The molecule has 9 heavy (non-hydrogen) atoms. The predicted octanol–water partition coefficient (Wildman–Crippen LogP) is -0.348. The van der Waals surface area contributed by atoms with Crippen LogP contribution in [-0.4, -0.2) is 23.4 Å². The predicted molar refractivity (Wildman–Crippen MR) is 37.9 cm³/mol. The summed E-state index contributed by atoms with van der Waals surface area (Å²) in [6.07, 6.45) is 0. The van der Waals surface area contributed by atoms with E-state index in [1.807, 2.05) is 13.8 Å². The van der Waals surface area contributed by atoms with E-state index in [4.69, 9.17) is 10.8 Å². The van der Waals surface area contributed by atoms with Gasteiger partial charge in [0.05, 0.1) is 0 Å². The number of likely N-dealkylation sites (N-methyl/N-ethyl adjacent to an activating group) is 1. The molecule has 0 aromatic heterocycles. The maximum absolute atomic E-state index is 9.13. The topological polar surface area (TPSA) is 58.3 Å². The van der Waals surface area contributed by atoms with Gasteiger partial charge < -0.3 is 16.2 Å². The van der Waals surface area contributed by atoms with Crippen molar-refractivity contribution >= 4 is 0 Å². The van der Waals surface area contributed by atoms with Gasteiger partial charge in [-0.05, 0) is 20.4 Å². The van der Waals surface area contributed by atoms with Gasteiger partial charge in [-0.15, -0.1) is 0 Å². The normalized spacial score (nSPS) is 21.0. The molecule has 0 heterocycles. The SMILES string of the molecule is CCNC(C)C(C)(N)O. The van der Waals surface area contributed by atoms with Crippen LogP contribution in [0, 0.1) is 0 Å². The average molecular weight is 132 g/mol. The molecule has 0 rings (SSSR count). The quantitative estimate of drug-likeness (QED) is 0.460. The van der Waals surface area contributed by atoms with E-state index in [0.29, 0.717) is 0 Å². The Hall–Kier alpha value is -0.120. The van der Waals surface area contributed by atoms with Crippen molar-refractivity contribution in [3.63, 3.8) is 0 Å². The molecule has 0 aliphatic heterocycles. The highest BCUT2D eigenvalue weighted by atomic mass is 16.3. The summed E-state index contributed by atoms with van der Waals surface area (Å²) in [5.74, 6) is 0. The number of nitrogens with two attached hydrogens (primary N) is 1. The third kappa shape index (κ3) is 3.46. The van der Waals surface area contributed by atoms with Crippen LogP contribution in [0.25, 0.3) is 0 Å². The second-order valence-electron chi connectivity index (χ2n) is 2.51. The van der Waals surface area contributed by atoms with Gasteiger partial charge in [0.15, 0.2) is 0 Å². The van der Waals surface area contributed by atoms with E-state index in [-0.39, 0.29) is 6.04 Å². The fraction of sp³-hybridized carbons (Fsp3) is 1.00. The van der Waals surface area contributed by atoms with E-state index < -0.39 is 5.72 Å². The molecule has 0 saturated heterocycles. The molecule has 0 saturated carbocycles. The van der Waals surface area contributed by atoms with Crippen LogP contribution in [0.1, 0.15) is 20.8 Å². The average Bonchev–Trinajstić information content (AvgIpc) is 1.64. The largest absolute Gasteiger partial charge is 0.375 e. The molecule has 3 nitrogen and oxygen atoms in total. The van der Waals surface area contributed by atoms with Gasteiger partial charge in [0.1, 0.15) is 5.72 Å². The lowest BCUT2D eigenvalue weighted by molar-refractivity contribution is 0.0326. The summed E-state index contributed by atoms with van der Waals surface area (Å²) in [7, 11) is 0. The molecule has 0 aliphatic rings. The zero-order valence-corrected chi connectivity index (χ0v) is 6.31. The summed E-state index contributed by atoms with van der Waals surface area (Å²) in [5.41, 5.74) is 4.26. The lowest BCUT2D eigenvalue weighted by atomic mass is 10.1. The summed E-state index contributed by atoms with van der Waals surface area (Å²) in [4.78, 5) is 0. The molecule has 0 spiro atoms. The van der Waals surface area contributed by atoms with Crippen molar-refractivity contribution in [2.45, 2.75) is 32.5 Å². The van der Waals surface area contributed by atoms with Crippen molar-refractivity contribution in [3.8, 4) is 0 Å². The van der Waals surface area contributed by atoms with Crippen molar-refractivity contribution in [2.75, 3.05) is 6.54 Å². The third-order valence-corrected chi connectivity index (χ3v) is 1.39. The smallest absolute Gasteiger partial charge is 0.125 e. The first-order valence-corrected chi connectivity index (χ1v) is 3.23. The van der Waals surface area contributed by atoms with E-state index in [9.17, 15) is 0 Å². The molecule has 2 unspecified atom stereocenters. The maximum Gasteiger partial charge on any atom is 0.125 e. The molecular formula is C6H16N2O. The van der Waals surface area contributed by atoms with E-state index in [0.717, 1.165) is 6.54 Å². The number of nitrogens with one attached hydrogen (secondary N) is 1. The second-order valence-corrected chi connectivity index (χ2v) is 2.51. The first kappa shape index (κ1) is 8.88. The monoisotopic (exact) mass is 132 g/mol. The first-order chi connectivity index (χ1) is 3.98. The highest BCUT2D eigenvalue weighted by Crippen LogP contribution is 1.98. The Labute approximate surface area is 56.2 Å². The third-order valence-electron chi connectivity index (χ3n) is 1.39. The molecule has 0 aliphatic carbocycles. The molecule has 0 amide bonds. The fourth-order valence-corrected chi connectivity index (χ4v) is 0.513. The van der Waals surface area contributed by atoms with Gasteiger partial charge in [-0.2, -0.15) is 0 Å². The molecule has 56 valence electrons. The number of hydrogen-bond donors (Lipinski definition) is 3. The number of rotatable bonds is 3. The van der Waals surface area contributed by atoms with Crippen LogP contribution in [-0.2, 0) is 0 Å². The second kappa shape index (κ2) is 3.15. The number of aliphatic hydroxyl groups is 1. The van der Waals surface area contributed by atoms with E-state index in [2.05, 4.69) is 5.32 Å². The zero-order valence-electron chi connectivity index (χ0n) is 6.31. The van der Waals surface area contributed by atoms with Crippen LogP contribution in [0.2, 0.25) is 0 Å². The van der Waals surface area contributed by atoms with Crippen molar-refractivity contribution in [1.82, 2.24) is 5.32 Å². The first-order valence-electron chi connectivity index (χ1n) is 3.23. The van der Waals surface area contributed by atoms with Gasteiger partial charge in [0, 0.05) is 6.04 Å². The molecular weight excluding hydrogens is 116 g/mol. The van der Waals surface area contributed by atoms with Crippen molar-refractivity contribution in [3.05, 3.63) is 0 Å². The fourth-order valence-electron chi connectivity index (χ4n) is 0.513. The Balaban J connectivity index is 3.59. The summed E-state index contributed by atoms with van der Waals surface area (Å²) in [6, 6.07) is -0.0532. The highest BCUT2D eigenvalue weighted by Gasteiger charge is 2.20. The molecule has 3 heteroatoms. The van der Waals surface area contributed by atoms with E-state index >= 15 is 0 Å². The lowest BCUT2D eigenvalue weighted by Crippen LogP contribution is -2.53. The minimum atomic E-state index is -1.10. The van der Waals surface area contributed by atoms with Crippen LogP contribution >= 0.6 is 0 Å². The molecule has 2 atom stereocenters. The Morgan fingerprint density at radius 2 is 2.22 bits per heavy atom. The van der Waals surface area contributed by atoms with Gasteiger partial charge in [-0.1, -0.05) is 6.92 Å². The maximum atomic E-state index is 9.13. The van der Waals surface area contributed by atoms with E-state index in [1.54, 1.807) is 6.92 Å². The minimum Gasteiger partial charge on any atom is -0.375 e. The Morgan fingerprint density at radius 3 is 2.33 bits per heavy atom. The Kier molecular flexibility index (Phi) is 3.11. The Bertz CT molecular complexity index is 77.6. The molecule has 0 aromatic carbocycles. The molecule has 0 bridgehead atoms. The molecule has 0 aromatic rings.